The molecule has 1 rings (SSSR count). The van der Waals surface area contributed by atoms with Crippen LogP contribution in [0.5, 0.6) is 5.88 Å². The Hall–Kier alpha value is -1.36. The Morgan fingerprint density at radius 2 is 2.43 bits per heavy atom. The lowest BCUT2D eigenvalue weighted by Crippen LogP contribution is -2.30. The van der Waals surface area contributed by atoms with Crippen LogP contribution >= 0.6 is 0 Å². The number of hydrogen-bond acceptors (Lipinski definition) is 4. The van der Waals surface area contributed by atoms with Crippen molar-refractivity contribution in [3.63, 3.8) is 0 Å². The Balaban J connectivity index is 2.77. The van der Waals surface area contributed by atoms with Gasteiger partial charge in [-0.15, -0.1) is 0 Å². The van der Waals surface area contributed by atoms with Crippen LogP contribution in [0.2, 0.25) is 0 Å². The van der Waals surface area contributed by atoms with E-state index in [4.69, 9.17) is 4.74 Å². The lowest BCUT2D eigenvalue weighted by molar-refractivity contribution is 0.207. The first-order chi connectivity index (χ1) is 6.65. The van der Waals surface area contributed by atoms with Gasteiger partial charge in [0.25, 0.3) is 5.88 Å². The SMILES string of the molecule is CNCC(C)Oc1nccn(C)c1=O. The number of aryl methyl sites for hydroxylation is 1. The lowest BCUT2D eigenvalue weighted by atomic mass is 10.4. The highest BCUT2D eigenvalue weighted by Crippen LogP contribution is 1.98. The highest BCUT2D eigenvalue weighted by atomic mass is 16.5. The Morgan fingerprint density at radius 1 is 1.71 bits per heavy atom. The predicted octanol–water partition coefficient (Wildman–Crippen LogP) is -0.233. The Labute approximate surface area is 82.7 Å². The molecule has 0 aliphatic rings. The van der Waals surface area contributed by atoms with E-state index >= 15 is 0 Å². The Kier molecular flexibility index (Phi) is 3.64. The number of aromatic nitrogens is 2. The number of nitrogens with zero attached hydrogens (tertiary/aromatic N) is 2. The summed E-state index contributed by atoms with van der Waals surface area (Å²) in [7, 11) is 3.50. The average Bonchev–Trinajstić information content (AvgIpc) is 2.13. The van der Waals surface area contributed by atoms with Gasteiger partial charge in [-0.25, -0.2) is 4.98 Å². The van der Waals surface area contributed by atoms with Crippen LogP contribution in [-0.4, -0.2) is 29.2 Å². The Bertz CT molecular complexity index is 348. The first kappa shape index (κ1) is 10.7. The van der Waals surface area contributed by atoms with Crippen molar-refractivity contribution in [2.75, 3.05) is 13.6 Å². The maximum atomic E-state index is 11.5. The van der Waals surface area contributed by atoms with Crippen LogP contribution in [0.3, 0.4) is 0 Å². The molecule has 0 spiro atoms. The minimum absolute atomic E-state index is 0.0670. The van der Waals surface area contributed by atoms with Crippen LogP contribution in [0, 0.1) is 0 Å². The van der Waals surface area contributed by atoms with Gasteiger partial charge in [-0.05, 0) is 14.0 Å². The van der Waals surface area contributed by atoms with E-state index in [1.54, 1.807) is 19.4 Å². The van der Waals surface area contributed by atoms with Crippen LogP contribution < -0.4 is 15.6 Å². The summed E-state index contributed by atoms with van der Waals surface area (Å²) in [6.07, 6.45) is 3.07. The van der Waals surface area contributed by atoms with Gasteiger partial charge in [0.2, 0.25) is 0 Å². The minimum Gasteiger partial charge on any atom is -0.469 e. The number of hydrogen-bond donors (Lipinski definition) is 1. The first-order valence-electron chi connectivity index (χ1n) is 4.48. The second kappa shape index (κ2) is 4.76. The van der Waals surface area contributed by atoms with Gasteiger partial charge in [-0.1, -0.05) is 0 Å². The molecule has 0 aromatic carbocycles. The molecule has 78 valence electrons. The van der Waals surface area contributed by atoms with Gasteiger partial charge in [0.05, 0.1) is 0 Å². The van der Waals surface area contributed by atoms with Gasteiger partial charge >= 0.3 is 5.56 Å². The van der Waals surface area contributed by atoms with Crippen LogP contribution in [0.15, 0.2) is 17.2 Å². The first-order valence-corrected chi connectivity index (χ1v) is 4.48. The molecule has 1 unspecified atom stereocenters. The molecule has 1 heterocycles. The molecule has 0 saturated heterocycles. The largest absolute Gasteiger partial charge is 0.469 e. The molecule has 5 heteroatoms. The molecular weight excluding hydrogens is 182 g/mol. The molecular formula is C9H15N3O2. The summed E-state index contributed by atoms with van der Waals surface area (Å²) in [6.45, 7) is 2.56. The van der Waals surface area contributed by atoms with Crippen molar-refractivity contribution < 1.29 is 4.74 Å². The van der Waals surface area contributed by atoms with Gasteiger partial charge in [-0.2, -0.15) is 0 Å². The molecule has 0 aliphatic carbocycles. The molecule has 0 fully saturated rings. The monoisotopic (exact) mass is 197 g/mol. The summed E-state index contributed by atoms with van der Waals surface area (Å²) in [6, 6.07) is 0. The molecule has 5 nitrogen and oxygen atoms in total. The van der Waals surface area contributed by atoms with E-state index < -0.39 is 0 Å². The van der Waals surface area contributed by atoms with Crippen molar-refractivity contribution in [2.45, 2.75) is 13.0 Å². The number of ether oxygens (including phenoxy) is 1. The van der Waals surface area contributed by atoms with E-state index in [-0.39, 0.29) is 17.5 Å². The molecule has 1 aromatic rings. The Morgan fingerprint density at radius 3 is 3.07 bits per heavy atom. The number of nitrogens with one attached hydrogen (secondary N) is 1. The van der Waals surface area contributed by atoms with E-state index in [2.05, 4.69) is 10.3 Å². The molecule has 1 atom stereocenters. The van der Waals surface area contributed by atoms with E-state index in [9.17, 15) is 4.79 Å². The van der Waals surface area contributed by atoms with Gasteiger partial charge in [0.1, 0.15) is 6.10 Å². The van der Waals surface area contributed by atoms with Gasteiger partial charge in [0.15, 0.2) is 0 Å². The molecule has 1 aromatic heterocycles. The quantitative estimate of drug-likeness (QED) is 0.724. The third-order valence-electron chi connectivity index (χ3n) is 1.79. The molecule has 1 N–H and O–H groups in total. The fraction of sp³-hybridized carbons (Fsp3) is 0.556. The van der Waals surface area contributed by atoms with E-state index in [1.807, 2.05) is 14.0 Å². The van der Waals surface area contributed by atoms with E-state index in [1.165, 1.54) is 4.57 Å². The van der Waals surface area contributed by atoms with E-state index in [0.717, 1.165) is 0 Å². The number of rotatable bonds is 4. The van der Waals surface area contributed by atoms with Crippen molar-refractivity contribution in [3.05, 3.63) is 22.7 Å². The standard InChI is InChI=1S/C9H15N3O2/c1-7(6-10-2)14-8-9(13)12(3)5-4-11-8/h4-5,7,10H,6H2,1-3H3. The second-order valence-electron chi connectivity index (χ2n) is 3.13. The summed E-state index contributed by atoms with van der Waals surface area (Å²) in [5.74, 6) is 0.151. The van der Waals surface area contributed by atoms with Gasteiger partial charge in [0, 0.05) is 26.0 Å². The second-order valence-corrected chi connectivity index (χ2v) is 3.13. The van der Waals surface area contributed by atoms with Crippen molar-refractivity contribution in [1.29, 1.82) is 0 Å². The summed E-state index contributed by atoms with van der Waals surface area (Å²) in [5.41, 5.74) is -0.213. The van der Waals surface area contributed by atoms with Gasteiger partial charge < -0.3 is 14.6 Å². The van der Waals surface area contributed by atoms with Crippen LogP contribution in [0.4, 0.5) is 0 Å². The molecule has 0 aliphatic heterocycles. The molecule has 0 radical (unpaired) electrons. The fourth-order valence-corrected chi connectivity index (χ4v) is 1.08. The third-order valence-corrected chi connectivity index (χ3v) is 1.79. The smallest absolute Gasteiger partial charge is 0.313 e. The molecule has 14 heavy (non-hydrogen) atoms. The zero-order valence-corrected chi connectivity index (χ0v) is 8.65. The van der Waals surface area contributed by atoms with Crippen molar-refractivity contribution in [2.24, 2.45) is 7.05 Å². The third kappa shape index (κ3) is 2.56. The molecule has 0 amide bonds. The van der Waals surface area contributed by atoms with Gasteiger partial charge in [-0.3, -0.25) is 4.79 Å². The highest BCUT2D eigenvalue weighted by Gasteiger charge is 2.07. The van der Waals surface area contributed by atoms with E-state index in [0.29, 0.717) is 6.54 Å². The maximum Gasteiger partial charge on any atom is 0.313 e. The topological polar surface area (TPSA) is 56.1 Å². The van der Waals surface area contributed by atoms with Crippen LogP contribution in [-0.2, 0) is 7.05 Å². The molecule has 0 bridgehead atoms. The normalized spacial score (nSPS) is 12.5. The number of likely N-dealkylation sites (N-methyl/N-ethyl adjacent to an activating group) is 1. The summed E-state index contributed by atoms with van der Waals surface area (Å²) >= 11 is 0. The van der Waals surface area contributed by atoms with Crippen LogP contribution in [0.25, 0.3) is 0 Å². The van der Waals surface area contributed by atoms with Crippen molar-refractivity contribution in [3.8, 4) is 5.88 Å². The summed E-state index contributed by atoms with van der Waals surface area (Å²) in [5, 5.41) is 2.96. The lowest BCUT2D eigenvalue weighted by Gasteiger charge is -2.12. The predicted molar refractivity (Wildman–Crippen MR) is 53.5 cm³/mol. The zero-order valence-electron chi connectivity index (χ0n) is 8.65. The average molecular weight is 197 g/mol. The maximum absolute atomic E-state index is 11.5. The van der Waals surface area contributed by atoms with Crippen molar-refractivity contribution in [1.82, 2.24) is 14.9 Å². The summed E-state index contributed by atoms with van der Waals surface area (Å²) in [4.78, 5) is 15.3. The minimum atomic E-state index is -0.213. The van der Waals surface area contributed by atoms with Crippen molar-refractivity contribution >= 4 is 0 Å². The highest BCUT2D eigenvalue weighted by molar-refractivity contribution is 5.04. The fourth-order valence-electron chi connectivity index (χ4n) is 1.08. The van der Waals surface area contributed by atoms with Crippen LogP contribution in [0.1, 0.15) is 6.92 Å². The summed E-state index contributed by atoms with van der Waals surface area (Å²) < 4.78 is 6.80. The molecule has 0 saturated carbocycles. The zero-order chi connectivity index (χ0) is 10.6.